The molecule has 0 bridgehead atoms. The van der Waals surface area contributed by atoms with E-state index in [1.807, 2.05) is 0 Å². The van der Waals surface area contributed by atoms with Crippen LogP contribution in [0.2, 0.25) is 0 Å². The van der Waals surface area contributed by atoms with Gasteiger partial charge in [0.25, 0.3) is 5.82 Å². The van der Waals surface area contributed by atoms with E-state index < -0.39 is 23.5 Å². The summed E-state index contributed by atoms with van der Waals surface area (Å²) >= 11 is 0. The van der Waals surface area contributed by atoms with Gasteiger partial charge in [0.2, 0.25) is 0 Å². The topological polar surface area (TPSA) is 68.0 Å². The highest BCUT2D eigenvalue weighted by molar-refractivity contribution is 5.83. The van der Waals surface area contributed by atoms with Crippen molar-refractivity contribution in [1.82, 2.24) is 14.8 Å². The van der Waals surface area contributed by atoms with Gasteiger partial charge in [0.1, 0.15) is 5.82 Å². The number of carbonyl (C=O) groups is 1. The summed E-state index contributed by atoms with van der Waals surface area (Å²) in [5.74, 6) is -2.05. The molecule has 0 amide bonds. The number of carboxylic acid groups (broad SMARTS) is 1. The third kappa shape index (κ3) is 2.88. The lowest BCUT2D eigenvalue weighted by atomic mass is 10.1. The van der Waals surface area contributed by atoms with Gasteiger partial charge in [-0.1, -0.05) is 26.0 Å². The Hall–Kier alpha value is -2.38. The molecule has 0 unspecified atom stereocenters. The maximum absolute atomic E-state index is 13.1. The molecule has 0 radical (unpaired) electrons. The molecule has 0 atom stereocenters. The first-order chi connectivity index (χ1) is 9.71. The zero-order chi connectivity index (χ0) is 15.8. The molecule has 2 aromatic rings. The Kier molecular flexibility index (Phi) is 3.71. The van der Waals surface area contributed by atoms with Gasteiger partial charge in [0.05, 0.1) is 11.3 Å². The lowest BCUT2D eigenvalue weighted by Gasteiger charge is -2.14. The molecular formula is C13H12F3N3O2. The Morgan fingerprint density at radius 3 is 2.43 bits per heavy atom. The first kappa shape index (κ1) is 15.0. The lowest BCUT2D eigenvalue weighted by molar-refractivity contribution is -0.137. The molecule has 8 heteroatoms. The molecule has 112 valence electrons. The molecule has 0 aliphatic rings. The van der Waals surface area contributed by atoms with Crippen molar-refractivity contribution < 1.29 is 23.1 Å². The first-order valence-corrected chi connectivity index (χ1v) is 6.08. The van der Waals surface area contributed by atoms with E-state index in [2.05, 4.69) is 10.1 Å². The summed E-state index contributed by atoms with van der Waals surface area (Å²) in [6.07, 6.45) is -4.57. The van der Waals surface area contributed by atoms with Crippen LogP contribution in [0.4, 0.5) is 13.2 Å². The normalized spacial score (nSPS) is 11.9. The predicted molar refractivity (Wildman–Crippen MR) is 67.4 cm³/mol. The number of hydrogen-bond acceptors (Lipinski definition) is 3. The molecule has 1 N–H and O–H groups in total. The second-order valence-corrected chi connectivity index (χ2v) is 4.68. The molecule has 21 heavy (non-hydrogen) atoms. The highest BCUT2D eigenvalue weighted by Gasteiger charge is 2.35. The SMILES string of the molecule is CC(C)c1nc(C(=O)O)nn1-c1ccccc1C(F)(F)F. The summed E-state index contributed by atoms with van der Waals surface area (Å²) in [5, 5.41) is 12.6. The lowest BCUT2D eigenvalue weighted by Crippen LogP contribution is -2.14. The molecule has 0 aliphatic heterocycles. The number of aromatic nitrogens is 3. The quantitative estimate of drug-likeness (QED) is 0.945. The summed E-state index contributed by atoms with van der Waals surface area (Å²) in [6.45, 7) is 3.39. The van der Waals surface area contributed by atoms with E-state index in [0.717, 1.165) is 10.7 Å². The molecule has 2 rings (SSSR count). The second-order valence-electron chi connectivity index (χ2n) is 4.68. The molecule has 1 aromatic heterocycles. The molecule has 0 fully saturated rings. The van der Waals surface area contributed by atoms with Gasteiger partial charge in [-0.15, -0.1) is 5.10 Å². The number of halogens is 3. The maximum Gasteiger partial charge on any atom is 0.418 e. The van der Waals surface area contributed by atoms with Crippen LogP contribution < -0.4 is 0 Å². The van der Waals surface area contributed by atoms with Crippen LogP contribution in [0.15, 0.2) is 24.3 Å². The van der Waals surface area contributed by atoms with Crippen molar-refractivity contribution in [3.63, 3.8) is 0 Å². The Balaban J connectivity index is 2.70. The smallest absolute Gasteiger partial charge is 0.418 e. The Labute approximate surface area is 118 Å². The Morgan fingerprint density at radius 2 is 1.90 bits per heavy atom. The molecule has 0 aliphatic carbocycles. The third-order valence-electron chi connectivity index (χ3n) is 2.78. The van der Waals surface area contributed by atoms with E-state index in [0.29, 0.717) is 0 Å². The highest BCUT2D eigenvalue weighted by atomic mass is 19.4. The minimum Gasteiger partial charge on any atom is -0.475 e. The number of aromatic carboxylic acids is 1. The van der Waals surface area contributed by atoms with E-state index >= 15 is 0 Å². The molecule has 0 saturated carbocycles. The number of alkyl halides is 3. The number of carboxylic acids is 1. The van der Waals surface area contributed by atoms with Crippen LogP contribution in [0.5, 0.6) is 0 Å². The standard InChI is InChI=1S/C13H12F3N3O2/c1-7(2)11-17-10(12(20)21)18-19(11)9-6-4-3-5-8(9)13(14,15)16/h3-7H,1-2H3,(H,20,21). The van der Waals surface area contributed by atoms with Crippen LogP contribution in [-0.4, -0.2) is 25.8 Å². The molecular weight excluding hydrogens is 287 g/mol. The molecule has 0 spiro atoms. The number of benzene rings is 1. The minimum absolute atomic E-state index is 0.157. The van der Waals surface area contributed by atoms with Crippen LogP contribution in [0.25, 0.3) is 5.69 Å². The van der Waals surface area contributed by atoms with Gasteiger partial charge >= 0.3 is 12.1 Å². The largest absolute Gasteiger partial charge is 0.475 e. The van der Waals surface area contributed by atoms with Crippen molar-refractivity contribution >= 4 is 5.97 Å². The van der Waals surface area contributed by atoms with E-state index in [4.69, 9.17) is 5.11 Å². The van der Waals surface area contributed by atoms with Crippen LogP contribution in [0, 0.1) is 0 Å². The summed E-state index contributed by atoms with van der Waals surface area (Å²) in [4.78, 5) is 14.7. The van der Waals surface area contributed by atoms with Gasteiger partial charge in [-0.25, -0.2) is 14.5 Å². The molecule has 5 nitrogen and oxygen atoms in total. The zero-order valence-corrected chi connectivity index (χ0v) is 11.2. The monoisotopic (exact) mass is 299 g/mol. The first-order valence-electron chi connectivity index (χ1n) is 6.08. The van der Waals surface area contributed by atoms with Crippen molar-refractivity contribution in [3.8, 4) is 5.69 Å². The van der Waals surface area contributed by atoms with Crippen LogP contribution in [0.3, 0.4) is 0 Å². The fourth-order valence-electron chi connectivity index (χ4n) is 1.86. The second kappa shape index (κ2) is 5.19. The summed E-state index contributed by atoms with van der Waals surface area (Å²) < 4.78 is 40.1. The Bertz CT molecular complexity index is 678. The number of nitrogens with zero attached hydrogens (tertiary/aromatic N) is 3. The zero-order valence-electron chi connectivity index (χ0n) is 11.2. The van der Waals surface area contributed by atoms with E-state index in [1.54, 1.807) is 13.8 Å². The highest BCUT2D eigenvalue weighted by Crippen LogP contribution is 2.34. The molecule has 0 saturated heterocycles. The van der Waals surface area contributed by atoms with Crippen molar-refractivity contribution in [3.05, 3.63) is 41.5 Å². The minimum atomic E-state index is -4.57. The van der Waals surface area contributed by atoms with E-state index in [9.17, 15) is 18.0 Å². The van der Waals surface area contributed by atoms with Crippen molar-refractivity contribution in [2.24, 2.45) is 0 Å². The molecule has 1 aromatic carbocycles. The number of hydrogen-bond donors (Lipinski definition) is 1. The average Bonchev–Trinajstić information content (AvgIpc) is 2.83. The van der Waals surface area contributed by atoms with Crippen molar-refractivity contribution in [1.29, 1.82) is 0 Å². The average molecular weight is 299 g/mol. The van der Waals surface area contributed by atoms with Gasteiger partial charge in [-0.2, -0.15) is 13.2 Å². The Morgan fingerprint density at radius 1 is 1.29 bits per heavy atom. The van der Waals surface area contributed by atoms with Crippen molar-refractivity contribution in [2.45, 2.75) is 25.9 Å². The summed E-state index contributed by atoms with van der Waals surface area (Å²) in [7, 11) is 0. The number of rotatable bonds is 3. The van der Waals surface area contributed by atoms with E-state index in [1.165, 1.54) is 18.2 Å². The van der Waals surface area contributed by atoms with Gasteiger partial charge in [0.15, 0.2) is 0 Å². The fraction of sp³-hybridized carbons (Fsp3) is 0.308. The third-order valence-corrected chi connectivity index (χ3v) is 2.78. The van der Waals surface area contributed by atoms with Gasteiger partial charge < -0.3 is 5.11 Å². The fourth-order valence-corrected chi connectivity index (χ4v) is 1.86. The summed E-state index contributed by atoms with van der Waals surface area (Å²) in [6, 6.07) is 4.84. The van der Waals surface area contributed by atoms with E-state index in [-0.39, 0.29) is 17.4 Å². The predicted octanol–water partition coefficient (Wildman–Crippen LogP) is 3.11. The maximum atomic E-state index is 13.1. The van der Waals surface area contributed by atoms with Gasteiger partial charge in [-0.05, 0) is 12.1 Å². The van der Waals surface area contributed by atoms with Crippen molar-refractivity contribution in [2.75, 3.05) is 0 Å². The number of para-hydroxylation sites is 1. The molecule has 1 heterocycles. The van der Waals surface area contributed by atoms with Crippen LogP contribution in [0.1, 0.15) is 41.8 Å². The van der Waals surface area contributed by atoms with Gasteiger partial charge in [0, 0.05) is 5.92 Å². The van der Waals surface area contributed by atoms with Crippen LogP contribution >= 0.6 is 0 Å². The summed E-state index contributed by atoms with van der Waals surface area (Å²) in [5.41, 5.74) is -1.14. The van der Waals surface area contributed by atoms with Gasteiger partial charge in [-0.3, -0.25) is 0 Å². The van der Waals surface area contributed by atoms with Crippen LogP contribution in [-0.2, 0) is 6.18 Å².